The Morgan fingerprint density at radius 1 is 1.06 bits per heavy atom. The lowest BCUT2D eigenvalue weighted by atomic mass is 10.1. The molecule has 100 valence electrons. The van der Waals surface area contributed by atoms with Gasteiger partial charge < -0.3 is 5.11 Å². The van der Waals surface area contributed by atoms with Gasteiger partial charge >= 0.3 is 5.97 Å². The first-order chi connectivity index (χ1) is 8.25. The number of carboxylic acid groups (broad SMARTS) is 1. The summed E-state index contributed by atoms with van der Waals surface area (Å²) in [5.74, 6) is -0.855. The summed E-state index contributed by atoms with van der Waals surface area (Å²) in [6.45, 7) is 3.28. The molecule has 18 heavy (non-hydrogen) atoms. The summed E-state index contributed by atoms with van der Waals surface area (Å²) >= 11 is 0. The Kier molecular flexibility index (Phi) is 6.16. The van der Waals surface area contributed by atoms with Crippen LogP contribution in [-0.4, -0.2) is 29.1 Å². The fourth-order valence-corrected chi connectivity index (χ4v) is 2.31. The van der Waals surface area contributed by atoms with E-state index in [4.69, 9.17) is 5.11 Å². The predicted molar refractivity (Wildman–Crippen MR) is 74.4 cm³/mol. The van der Waals surface area contributed by atoms with Gasteiger partial charge in [-0.2, -0.15) is 0 Å². The molecule has 3 nitrogen and oxygen atoms in total. The fraction of sp³-hybridized carbons (Fsp3) is 0.500. The maximum atomic E-state index is 10.7. The van der Waals surface area contributed by atoms with Crippen LogP contribution < -0.4 is 0 Å². The minimum absolute atomic E-state index is 0. The number of benzene rings is 1. The second-order valence-corrected chi connectivity index (χ2v) is 4.69. The number of likely N-dealkylation sites (tertiary alicyclic amines) is 1. The Hall–Kier alpha value is -1.06. The molecular weight excluding hydrogens is 250 g/mol. The van der Waals surface area contributed by atoms with Crippen LogP contribution >= 0.6 is 12.4 Å². The highest BCUT2D eigenvalue weighted by Gasteiger charge is 2.09. The average Bonchev–Trinajstić information content (AvgIpc) is 2.58. The summed E-state index contributed by atoms with van der Waals surface area (Å²) in [7, 11) is 0. The second-order valence-electron chi connectivity index (χ2n) is 4.69. The zero-order chi connectivity index (χ0) is 12.1. The summed E-state index contributed by atoms with van der Waals surface area (Å²) in [5, 5.41) is 8.82. The third-order valence-corrected chi connectivity index (χ3v) is 3.31. The number of hydrogen-bond acceptors (Lipinski definition) is 2. The molecule has 0 spiro atoms. The van der Waals surface area contributed by atoms with Crippen LogP contribution in [0.5, 0.6) is 0 Å². The molecule has 1 N–H and O–H groups in total. The molecule has 0 radical (unpaired) electrons. The standard InChI is InChI=1S/C14H19NO2.ClH/c16-14(17)13-7-5-12(6-8-13)11-15-9-3-1-2-4-10-15;/h5-8H,1-4,9-11H2,(H,16,17);1H. The molecule has 1 fully saturated rings. The Morgan fingerprint density at radius 2 is 1.61 bits per heavy atom. The summed E-state index contributed by atoms with van der Waals surface area (Å²) in [4.78, 5) is 13.2. The predicted octanol–water partition coefficient (Wildman–Crippen LogP) is 3.18. The van der Waals surface area contributed by atoms with E-state index in [9.17, 15) is 4.79 Å². The molecule has 1 aromatic rings. The lowest BCUT2D eigenvalue weighted by Gasteiger charge is -2.19. The van der Waals surface area contributed by atoms with Gasteiger partial charge in [-0.3, -0.25) is 4.90 Å². The van der Waals surface area contributed by atoms with E-state index in [-0.39, 0.29) is 12.4 Å². The average molecular weight is 270 g/mol. The number of rotatable bonds is 3. The van der Waals surface area contributed by atoms with E-state index < -0.39 is 5.97 Å². The van der Waals surface area contributed by atoms with Crippen molar-refractivity contribution in [3.05, 3.63) is 35.4 Å². The maximum absolute atomic E-state index is 10.7. The van der Waals surface area contributed by atoms with Crippen molar-refractivity contribution in [3.63, 3.8) is 0 Å². The molecule has 2 rings (SSSR count). The minimum Gasteiger partial charge on any atom is -0.478 e. The van der Waals surface area contributed by atoms with E-state index in [1.54, 1.807) is 12.1 Å². The summed E-state index contributed by atoms with van der Waals surface area (Å²) in [6, 6.07) is 7.23. The van der Waals surface area contributed by atoms with Gasteiger partial charge in [0.05, 0.1) is 5.56 Å². The summed E-state index contributed by atoms with van der Waals surface area (Å²) < 4.78 is 0. The summed E-state index contributed by atoms with van der Waals surface area (Å²) in [6.07, 6.45) is 5.25. The molecule has 0 bridgehead atoms. The quantitative estimate of drug-likeness (QED) is 0.916. The van der Waals surface area contributed by atoms with Crippen LogP contribution in [-0.2, 0) is 6.54 Å². The molecule has 0 atom stereocenters. The van der Waals surface area contributed by atoms with Crippen LogP contribution in [0, 0.1) is 0 Å². The van der Waals surface area contributed by atoms with Gasteiger partial charge in [0.25, 0.3) is 0 Å². The zero-order valence-electron chi connectivity index (χ0n) is 10.5. The fourth-order valence-electron chi connectivity index (χ4n) is 2.31. The van der Waals surface area contributed by atoms with Crippen molar-refractivity contribution >= 4 is 18.4 Å². The Bertz CT molecular complexity index is 370. The van der Waals surface area contributed by atoms with Crippen molar-refractivity contribution in [2.45, 2.75) is 32.2 Å². The highest BCUT2D eigenvalue weighted by Crippen LogP contribution is 2.13. The van der Waals surface area contributed by atoms with E-state index in [0.717, 1.165) is 6.54 Å². The van der Waals surface area contributed by atoms with Crippen LogP contribution in [0.4, 0.5) is 0 Å². The molecule has 1 aliphatic heterocycles. The van der Waals surface area contributed by atoms with E-state index in [1.165, 1.54) is 44.3 Å². The Labute approximate surface area is 114 Å². The van der Waals surface area contributed by atoms with E-state index in [2.05, 4.69) is 4.90 Å². The largest absolute Gasteiger partial charge is 0.478 e. The number of carbonyl (C=O) groups is 1. The molecule has 4 heteroatoms. The highest BCUT2D eigenvalue weighted by atomic mass is 35.5. The van der Waals surface area contributed by atoms with E-state index in [0.29, 0.717) is 5.56 Å². The zero-order valence-corrected chi connectivity index (χ0v) is 11.3. The van der Waals surface area contributed by atoms with Gasteiger partial charge in [0, 0.05) is 6.54 Å². The van der Waals surface area contributed by atoms with Crippen LogP contribution in [0.3, 0.4) is 0 Å². The summed E-state index contributed by atoms with van der Waals surface area (Å²) in [5.41, 5.74) is 1.57. The van der Waals surface area contributed by atoms with E-state index in [1.807, 2.05) is 12.1 Å². The number of nitrogens with zero attached hydrogens (tertiary/aromatic N) is 1. The first-order valence-corrected chi connectivity index (χ1v) is 6.30. The van der Waals surface area contributed by atoms with E-state index >= 15 is 0 Å². The number of hydrogen-bond donors (Lipinski definition) is 1. The third-order valence-electron chi connectivity index (χ3n) is 3.31. The van der Waals surface area contributed by atoms with Gasteiger partial charge in [-0.05, 0) is 43.6 Å². The van der Waals surface area contributed by atoms with Crippen LogP contribution in [0.25, 0.3) is 0 Å². The van der Waals surface area contributed by atoms with Gasteiger partial charge in [0.2, 0.25) is 0 Å². The van der Waals surface area contributed by atoms with Gasteiger partial charge in [0.15, 0.2) is 0 Å². The monoisotopic (exact) mass is 269 g/mol. The van der Waals surface area contributed by atoms with Gasteiger partial charge in [-0.1, -0.05) is 25.0 Å². The molecule has 1 aromatic carbocycles. The molecule has 1 heterocycles. The third kappa shape index (κ3) is 4.31. The molecule has 0 aromatic heterocycles. The maximum Gasteiger partial charge on any atom is 0.335 e. The van der Waals surface area contributed by atoms with Gasteiger partial charge in [-0.25, -0.2) is 4.79 Å². The van der Waals surface area contributed by atoms with Crippen molar-refractivity contribution in [1.82, 2.24) is 4.90 Å². The van der Waals surface area contributed by atoms with Crippen LogP contribution in [0.15, 0.2) is 24.3 Å². The van der Waals surface area contributed by atoms with Crippen LogP contribution in [0.2, 0.25) is 0 Å². The lowest BCUT2D eigenvalue weighted by Crippen LogP contribution is -2.23. The Morgan fingerprint density at radius 3 is 2.11 bits per heavy atom. The number of carboxylic acids is 1. The molecule has 0 aliphatic carbocycles. The lowest BCUT2D eigenvalue weighted by molar-refractivity contribution is 0.0697. The van der Waals surface area contributed by atoms with Crippen molar-refractivity contribution in [2.24, 2.45) is 0 Å². The molecular formula is C14H20ClNO2. The highest BCUT2D eigenvalue weighted by molar-refractivity contribution is 5.87. The molecule has 0 saturated carbocycles. The van der Waals surface area contributed by atoms with Gasteiger partial charge in [-0.15, -0.1) is 12.4 Å². The second kappa shape index (κ2) is 7.39. The Balaban J connectivity index is 0.00000162. The minimum atomic E-state index is -0.855. The molecule has 1 saturated heterocycles. The van der Waals surface area contributed by atoms with Crippen molar-refractivity contribution in [3.8, 4) is 0 Å². The number of aromatic carboxylic acids is 1. The normalized spacial score (nSPS) is 16.7. The molecule has 0 amide bonds. The van der Waals surface area contributed by atoms with Crippen LogP contribution in [0.1, 0.15) is 41.6 Å². The SMILES string of the molecule is Cl.O=C(O)c1ccc(CN2CCCCCC2)cc1. The number of halogens is 1. The molecule has 1 aliphatic rings. The van der Waals surface area contributed by atoms with Crippen molar-refractivity contribution in [1.29, 1.82) is 0 Å². The smallest absolute Gasteiger partial charge is 0.335 e. The molecule has 0 unspecified atom stereocenters. The van der Waals surface area contributed by atoms with Crippen molar-refractivity contribution < 1.29 is 9.90 Å². The van der Waals surface area contributed by atoms with Crippen molar-refractivity contribution in [2.75, 3.05) is 13.1 Å². The van der Waals surface area contributed by atoms with Gasteiger partial charge in [0.1, 0.15) is 0 Å². The first kappa shape index (κ1) is 15.0. The topological polar surface area (TPSA) is 40.5 Å². The first-order valence-electron chi connectivity index (χ1n) is 6.30.